The van der Waals surface area contributed by atoms with Gasteiger partial charge in [0, 0.05) is 5.54 Å². The van der Waals surface area contributed by atoms with E-state index >= 15 is 0 Å². The molecule has 58 valence electrons. The number of thioether (sulfide) groups is 1. The van der Waals surface area contributed by atoms with Crippen molar-refractivity contribution in [2.45, 2.75) is 31.2 Å². The summed E-state index contributed by atoms with van der Waals surface area (Å²) in [5, 5.41) is 0. The van der Waals surface area contributed by atoms with Crippen LogP contribution in [0.25, 0.3) is 0 Å². The van der Waals surface area contributed by atoms with Gasteiger partial charge in [-0.05, 0) is 43.1 Å². The van der Waals surface area contributed by atoms with Crippen molar-refractivity contribution < 1.29 is 0 Å². The number of rotatable bonds is 3. The largest absolute Gasteiger partial charge is 0.325 e. The quantitative estimate of drug-likeness (QED) is 0.673. The van der Waals surface area contributed by atoms with Crippen LogP contribution in [0.2, 0.25) is 0 Å². The smallest absolute Gasteiger partial charge is 0.0155 e. The SMILES string of the molecule is NC1(CCC2CSC2)CC1. The van der Waals surface area contributed by atoms with Crippen LogP contribution in [-0.4, -0.2) is 17.0 Å². The van der Waals surface area contributed by atoms with E-state index in [1.807, 2.05) is 0 Å². The zero-order valence-electron chi connectivity index (χ0n) is 6.31. The third-order valence-electron chi connectivity index (χ3n) is 2.65. The summed E-state index contributed by atoms with van der Waals surface area (Å²) in [6, 6.07) is 0. The van der Waals surface area contributed by atoms with E-state index in [0.717, 1.165) is 5.92 Å². The Morgan fingerprint density at radius 3 is 2.50 bits per heavy atom. The van der Waals surface area contributed by atoms with Crippen LogP contribution in [0.3, 0.4) is 0 Å². The van der Waals surface area contributed by atoms with Crippen molar-refractivity contribution in [3.8, 4) is 0 Å². The fraction of sp³-hybridized carbons (Fsp3) is 1.00. The van der Waals surface area contributed by atoms with Crippen molar-refractivity contribution in [3.63, 3.8) is 0 Å². The Morgan fingerprint density at radius 2 is 2.10 bits per heavy atom. The van der Waals surface area contributed by atoms with Gasteiger partial charge in [-0.15, -0.1) is 0 Å². The Balaban J connectivity index is 1.63. The summed E-state index contributed by atoms with van der Waals surface area (Å²) in [5.74, 6) is 3.82. The van der Waals surface area contributed by atoms with Gasteiger partial charge >= 0.3 is 0 Å². The molecule has 2 N–H and O–H groups in total. The minimum atomic E-state index is 0.306. The van der Waals surface area contributed by atoms with E-state index in [1.54, 1.807) is 0 Å². The lowest BCUT2D eigenvalue weighted by atomic mass is 10.0. The number of hydrogen-bond acceptors (Lipinski definition) is 2. The van der Waals surface area contributed by atoms with Crippen LogP contribution in [0, 0.1) is 5.92 Å². The summed E-state index contributed by atoms with van der Waals surface area (Å²) in [6.45, 7) is 0. The molecule has 1 saturated heterocycles. The van der Waals surface area contributed by atoms with Gasteiger partial charge in [0.2, 0.25) is 0 Å². The van der Waals surface area contributed by atoms with Gasteiger partial charge in [0.15, 0.2) is 0 Å². The molecule has 0 radical (unpaired) electrons. The highest BCUT2D eigenvalue weighted by atomic mass is 32.2. The van der Waals surface area contributed by atoms with Gasteiger partial charge in [0.25, 0.3) is 0 Å². The van der Waals surface area contributed by atoms with E-state index in [1.165, 1.54) is 37.2 Å². The highest BCUT2D eigenvalue weighted by molar-refractivity contribution is 8.00. The van der Waals surface area contributed by atoms with Crippen molar-refractivity contribution in [1.82, 2.24) is 0 Å². The van der Waals surface area contributed by atoms with Gasteiger partial charge in [-0.2, -0.15) is 11.8 Å². The molecule has 1 aliphatic heterocycles. The topological polar surface area (TPSA) is 26.0 Å². The molecule has 10 heavy (non-hydrogen) atoms. The van der Waals surface area contributed by atoms with E-state index < -0.39 is 0 Å². The second kappa shape index (κ2) is 2.42. The van der Waals surface area contributed by atoms with Crippen LogP contribution >= 0.6 is 11.8 Å². The first-order chi connectivity index (χ1) is 4.79. The Hall–Kier alpha value is 0.310. The van der Waals surface area contributed by atoms with Gasteiger partial charge in [-0.3, -0.25) is 0 Å². The fourth-order valence-electron chi connectivity index (χ4n) is 1.35. The summed E-state index contributed by atoms with van der Waals surface area (Å²) >= 11 is 2.08. The molecule has 0 spiro atoms. The molecule has 1 saturated carbocycles. The maximum atomic E-state index is 5.97. The highest BCUT2D eigenvalue weighted by Crippen LogP contribution is 2.39. The number of nitrogens with two attached hydrogens (primary N) is 1. The van der Waals surface area contributed by atoms with Crippen molar-refractivity contribution >= 4 is 11.8 Å². The van der Waals surface area contributed by atoms with Crippen LogP contribution < -0.4 is 5.73 Å². The molecule has 1 aliphatic carbocycles. The molecular weight excluding hydrogens is 142 g/mol. The third kappa shape index (κ3) is 1.48. The number of hydrogen-bond donors (Lipinski definition) is 1. The highest BCUT2D eigenvalue weighted by Gasteiger charge is 2.38. The zero-order valence-corrected chi connectivity index (χ0v) is 7.12. The molecule has 0 amide bonds. The molecule has 2 fully saturated rings. The van der Waals surface area contributed by atoms with Gasteiger partial charge in [-0.1, -0.05) is 0 Å². The molecule has 0 unspecified atom stereocenters. The molecule has 0 aromatic carbocycles. The normalized spacial score (nSPS) is 29.7. The first-order valence-corrected chi connectivity index (χ1v) is 5.31. The molecule has 0 bridgehead atoms. The summed E-state index contributed by atoms with van der Waals surface area (Å²) in [6.07, 6.45) is 5.25. The summed E-state index contributed by atoms with van der Waals surface area (Å²) in [7, 11) is 0. The Bertz CT molecular complexity index is 127. The van der Waals surface area contributed by atoms with Gasteiger partial charge in [-0.25, -0.2) is 0 Å². The molecule has 0 aromatic rings. The predicted octanol–water partition coefficient (Wildman–Crippen LogP) is 1.62. The van der Waals surface area contributed by atoms with Crippen LogP contribution in [0.15, 0.2) is 0 Å². The van der Waals surface area contributed by atoms with E-state index in [-0.39, 0.29) is 0 Å². The monoisotopic (exact) mass is 157 g/mol. The zero-order chi connectivity index (χ0) is 7.03. The predicted molar refractivity (Wildman–Crippen MR) is 46.2 cm³/mol. The maximum Gasteiger partial charge on any atom is 0.0155 e. The van der Waals surface area contributed by atoms with Crippen LogP contribution in [-0.2, 0) is 0 Å². The van der Waals surface area contributed by atoms with Crippen molar-refractivity contribution in [1.29, 1.82) is 0 Å². The lowest BCUT2D eigenvalue weighted by Crippen LogP contribution is -2.26. The Kier molecular flexibility index (Phi) is 1.69. The van der Waals surface area contributed by atoms with Gasteiger partial charge < -0.3 is 5.73 Å². The van der Waals surface area contributed by atoms with Gasteiger partial charge in [0.05, 0.1) is 0 Å². The van der Waals surface area contributed by atoms with E-state index in [2.05, 4.69) is 11.8 Å². The fourth-order valence-corrected chi connectivity index (χ4v) is 2.26. The Morgan fingerprint density at radius 1 is 1.40 bits per heavy atom. The van der Waals surface area contributed by atoms with Crippen LogP contribution in [0.5, 0.6) is 0 Å². The first-order valence-electron chi connectivity index (χ1n) is 4.15. The molecule has 0 atom stereocenters. The lowest BCUT2D eigenvalue weighted by Gasteiger charge is -2.25. The summed E-state index contributed by atoms with van der Waals surface area (Å²) in [5.41, 5.74) is 6.27. The summed E-state index contributed by atoms with van der Waals surface area (Å²) in [4.78, 5) is 0. The third-order valence-corrected chi connectivity index (χ3v) is 4.06. The minimum Gasteiger partial charge on any atom is -0.325 e. The average Bonchev–Trinajstić information content (AvgIpc) is 2.44. The molecule has 0 aromatic heterocycles. The van der Waals surface area contributed by atoms with E-state index in [9.17, 15) is 0 Å². The molecule has 1 nitrogen and oxygen atoms in total. The Labute approximate surface area is 66.7 Å². The average molecular weight is 157 g/mol. The van der Waals surface area contributed by atoms with Crippen LogP contribution in [0.4, 0.5) is 0 Å². The first kappa shape index (κ1) is 6.99. The van der Waals surface area contributed by atoms with Crippen molar-refractivity contribution in [2.24, 2.45) is 11.7 Å². The van der Waals surface area contributed by atoms with Crippen LogP contribution in [0.1, 0.15) is 25.7 Å². The molecule has 2 aliphatic rings. The maximum absolute atomic E-state index is 5.97. The molecular formula is C8H15NS. The van der Waals surface area contributed by atoms with E-state index in [0.29, 0.717) is 5.54 Å². The van der Waals surface area contributed by atoms with Crippen molar-refractivity contribution in [2.75, 3.05) is 11.5 Å². The molecule has 2 rings (SSSR count). The molecule has 2 heteroatoms. The van der Waals surface area contributed by atoms with E-state index in [4.69, 9.17) is 5.73 Å². The minimum absolute atomic E-state index is 0.306. The lowest BCUT2D eigenvalue weighted by molar-refractivity contribution is 0.485. The standard InChI is InChI=1S/C8H15NS/c9-8(3-4-8)2-1-7-5-10-6-7/h7H,1-6,9H2. The van der Waals surface area contributed by atoms with Crippen molar-refractivity contribution in [3.05, 3.63) is 0 Å². The summed E-state index contributed by atoms with van der Waals surface area (Å²) < 4.78 is 0. The second-order valence-electron chi connectivity index (χ2n) is 3.80. The second-order valence-corrected chi connectivity index (χ2v) is 4.88. The molecule has 1 heterocycles. The van der Waals surface area contributed by atoms with Gasteiger partial charge in [0.1, 0.15) is 0 Å².